The first-order valence-corrected chi connectivity index (χ1v) is 16.6. The molecule has 0 radical (unpaired) electrons. The van der Waals surface area contributed by atoms with E-state index in [1.54, 1.807) is 0 Å². The molecule has 1 amide bonds. The maximum absolute atomic E-state index is 13.5. The number of aryl methyl sites for hydroxylation is 1. The number of hydrogen-bond acceptors (Lipinski definition) is 11. The first-order valence-electron chi connectivity index (χ1n) is 15.0. The summed E-state index contributed by atoms with van der Waals surface area (Å²) in [5, 5.41) is 10.5. The summed E-state index contributed by atoms with van der Waals surface area (Å²) in [5.41, 5.74) is 8.12. The molecule has 3 aromatic heterocycles. The third-order valence-electron chi connectivity index (χ3n) is 9.27. The highest BCUT2D eigenvalue weighted by atomic mass is 32.1. The van der Waals surface area contributed by atoms with Crippen LogP contribution in [0.15, 0.2) is 24.5 Å². The number of likely N-dealkylation sites (tertiary alicyclic amines) is 1. The number of fused-ring (bicyclic) bond motifs is 1. The first-order chi connectivity index (χ1) is 21.1. The highest BCUT2D eigenvalue weighted by molar-refractivity contribution is 7.16. The Morgan fingerprint density at radius 3 is 2.70 bits per heavy atom. The Kier molecular flexibility index (Phi) is 8.34. The molecule has 44 heavy (non-hydrogen) atoms. The molecular formula is C31H37FN8O2S2. The van der Waals surface area contributed by atoms with Crippen molar-refractivity contribution in [2.45, 2.75) is 63.5 Å². The van der Waals surface area contributed by atoms with Crippen molar-refractivity contribution in [2.75, 3.05) is 50.4 Å². The van der Waals surface area contributed by atoms with Crippen molar-refractivity contribution in [1.29, 1.82) is 5.26 Å². The van der Waals surface area contributed by atoms with Crippen LogP contribution in [0, 0.1) is 11.3 Å². The number of nitrogens with zero attached hydrogens (tertiary/aromatic N) is 7. The second kappa shape index (κ2) is 12.1. The number of carbonyl (C=O) groups is 1. The standard InChI is InChI=1S/C31H37FN8O2S2/c1-18(32)30(41)40-13-11-39(12-14-40)25-16-26(42-19(2)22-7-6-10-38(22)4)36-29(35-25)21-15-24(44-37-21)31(3)9-5-8-23-27(31)20(17-33)28(34)43-23/h15-16,19,22H,1,5-14,34H2,2-4H3/t19-,22-,31?/m0/s1. The number of piperazine rings is 1. The van der Waals surface area contributed by atoms with Gasteiger partial charge in [-0.2, -0.15) is 14.6 Å². The number of ether oxygens (including phenoxy) is 1. The zero-order valence-electron chi connectivity index (χ0n) is 25.3. The highest BCUT2D eigenvalue weighted by Gasteiger charge is 2.40. The lowest BCUT2D eigenvalue weighted by Crippen LogP contribution is -2.49. The summed E-state index contributed by atoms with van der Waals surface area (Å²) >= 11 is 2.93. The van der Waals surface area contributed by atoms with Gasteiger partial charge < -0.3 is 20.3 Å². The van der Waals surface area contributed by atoms with Crippen LogP contribution in [0.4, 0.5) is 15.2 Å². The number of carbonyl (C=O) groups excluding carboxylic acids is 1. The van der Waals surface area contributed by atoms with Crippen LogP contribution in [0.1, 0.15) is 60.4 Å². The monoisotopic (exact) mass is 636 g/mol. The summed E-state index contributed by atoms with van der Waals surface area (Å²) in [6.07, 6.45) is 4.93. The Morgan fingerprint density at radius 2 is 2.02 bits per heavy atom. The van der Waals surface area contributed by atoms with E-state index in [1.165, 1.54) is 32.6 Å². The Hall–Kier alpha value is -3.60. The molecule has 1 unspecified atom stereocenters. The fourth-order valence-electron chi connectivity index (χ4n) is 6.84. The molecule has 2 N–H and O–H groups in total. The van der Waals surface area contributed by atoms with Gasteiger partial charge in [0, 0.05) is 53.5 Å². The van der Waals surface area contributed by atoms with Gasteiger partial charge in [-0.3, -0.25) is 9.69 Å². The number of nitrogen functional groups attached to an aromatic ring is 1. The highest BCUT2D eigenvalue weighted by Crippen LogP contribution is 2.50. The lowest BCUT2D eigenvalue weighted by molar-refractivity contribution is -0.128. The van der Waals surface area contributed by atoms with Crippen LogP contribution in [0.25, 0.3) is 11.5 Å². The van der Waals surface area contributed by atoms with E-state index in [-0.39, 0.29) is 11.5 Å². The van der Waals surface area contributed by atoms with E-state index in [0.717, 1.165) is 49.1 Å². The van der Waals surface area contributed by atoms with Gasteiger partial charge in [0.15, 0.2) is 11.7 Å². The molecule has 0 saturated carbocycles. The molecule has 5 heterocycles. The van der Waals surface area contributed by atoms with E-state index in [4.69, 9.17) is 24.8 Å². The summed E-state index contributed by atoms with van der Waals surface area (Å²) in [7, 11) is 2.12. The van der Waals surface area contributed by atoms with Gasteiger partial charge in [0.1, 0.15) is 28.7 Å². The molecule has 3 aliphatic rings. The van der Waals surface area contributed by atoms with Crippen molar-refractivity contribution in [1.82, 2.24) is 24.1 Å². The Morgan fingerprint density at radius 1 is 1.25 bits per heavy atom. The van der Waals surface area contributed by atoms with Crippen molar-refractivity contribution >= 4 is 39.6 Å². The number of halogens is 1. The number of rotatable bonds is 7. The minimum atomic E-state index is -0.950. The first kappa shape index (κ1) is 30.4. The number of anilines is 2. The number of nitriles is 1. The van der Waals surface area contributed by atoms with Crippen molar-refractivity contribution in [2.24, 2.45) is 0 Å². The minimum Gasteiger partial charge on any atom is -0.473 e. The predicted molar refractivity (Wildman–Crippen MR) is 171 cm³/mol. The minimum absolute atomic E-state index is 0.0813. The van der Waals surface area contributed by atoms with E-state index in [0.29, 0.717) is 66.0 Å². The van der Waals surface area contributed by atoms with Crippen LogP contribution in [-0.2, 0) is 16.6 Å². The summed E-state index contributed by atoms with van der Waals surface area (Å²) in [5.74, 6) is -0.0392. The maximum Gasteiger partial charge on any atom is 0.282 e. The molecule has 3 aromatic rings. The Labute approximate surface area is 265 Å². The summed E-state index contributed by atoms with van der Waals surface area (Å²) in [6, 6.07) is 6.52. The Balaban J connectivity index is 1.33. The van der Waals surface area contributed by atoms with Crippen molar-refractivity contribution in [3.63, 3.8) is 0 Å². The molecule has 2 aliphatic heterocycles. The number of nitrogens with two attached hydrogens (primary N) is 1. The molecule has 10 nitrogen and oxygen atoms in total. The van der Waals surface area contributed by atoms with Gasteiger partial charge in [-0.15, -0.1) is 11.3 Å². The van der Waals surface area contributed by atoms with Crippen LogP contribution >= 0.6 is 22.9 Å². The van der Waals surface area contributed by atoms with Gasteiger partial charge in [-0.25, -0.2) is 9.37 Å². The second-order valence-corrected chi connectivity index (χ2v) is 14.0. The van der Waals surface area contributed by atoms with Crippen LogP contribution in [0.2, 0.25) is 0 Å². The van der Waals surface area contributed by atoms with E-state index in [9.17, 15) is 14.4 Å². The number of amides is 1. The molecule has 0 bridgehead atoms. The van der Waals surface area contributed by atoms with Crippen molar-refractivity contribution in [3.8, 4) is 23.5 Å². The molecule has 2 saturated heterocycles. The quantitative estimate of drug-likeness (QED) is 0.366. The van der Waals surface area contributed by atoms with Gasteiger partial charge >= 0.3 is 0 Å². The molecule has 2 fully saturated rings. The smallest absolute Gasteiger partial charge is 0.282 e. The number of hydrogen-bond donors (Lipinski definition) is 1. The van der Waals surface area contributed by atoms with Crippen LogP contribution in [0.5, 0.6) is 5.88 Å². The zero-order valence-corrected chi connectivity index (χ0v) is 26.9. The van der Waals surface area contributed by atoms with E-state index in [2.05, 4.69) is 43.3 Å². The topological polar surface area (TPSA) is 124 Å². The van der Waals surface area contributed by atoms with Crippen LogP contribution in [-0.4, -0.2) is 82.0 Å². The lowest BCUT2D eigenvalue weighted by atomic mass is 9.71. The average molecular weight is 637 g/mol. The molecule has 13 heteroatoms. The predicted octanol–water partition coefficient (Wildman–Crippen LogP) is 4.75. The van der Waals surface area contributed by atoms with Crippen LogP contribution < -0.4 is 15.4 Å². The molecule has 1 aliphatic carbocycles. The van der Waals surface area contributed by atoms with E-state index >= 15 is 0 Å². The molecule has 6 rings (SSSR count). The fourth-order valence-corrected chi connectivity index (χ4v) is 8.93. The third kappa shape index (κ3) is 5.55. The summed E-state index contributed by atoms with van der Waals surface area (Å²) < 4.78 is 24.8. The van der Waals surface area contributed by atoms with Gasteiger partial charge in [0.25, 0.3) is 5.91 Å². The lowest BCUT2D eigenvalue weighted by Gasteiger charge is -2.35. The second-order valence-electron chi connectivity index (χ2n) is 12.1. The molecule has 3 atom stereocenters. The van der Waals surface area contributed by atoms with E-state index < -0.39 is 11.7 Å². The van der Waals surface area contributed by atoms with Gasteiger partial charge in [0.2, 0.25) is 5.88 Å². The molecular weight excluding hydrogens is 600 g/mol. The maximum atomic E-state index is 13.5. The largest absolute Gasteiger partial charge is 0.473 e. The molecule has 232 valence electrons. The normalized spacial score (nSPS) is 22.8. The Bertz CT molecular complexity index is 1620. The van der Waals surface area contributed by atoms with Crippen molar-refractivity contribution < 1.29 is 13.9 Å². The zero-order chi connectivity index (χ0) is 31.2. The number of likely N-dealkylation sites (N-methyl/N-ethyl adjacent to an activating group) is 1. The summed E-state index contributed by atoms with van der Waals surface area (Å²) in [6.45, 7) is 10.1. The van der Waals surface area contributed by atoms with Crippen molar-refractivity contribution in [3.05, 3.63) is 45.4 Å². The number of aromatic nitrogens is 3. The average Bonchev–Trinajstić information content (AvgIpc) is 3.75. The van der Waals surface area contributed by atoms with E-state index in [1.807, 2.05) is 12.1 Å². The van der Waals surface area contributed by atoms with Crippen LogP contribution in [0.3, 0.4) is 0 Å². The third-order valence-corrected chi connectivity index (χ3v) is 11.4. The fraction of sp³-hybridized carbons (Fsp3) is 0.516. The van der Waals surface area contributed by atoms with Gasteiger partial charge in [-0.05, 0) is 75.8 Å². The van der Waals surface area contributed by atoms with Gasteiger partial charge in [-0.1, -0.05) is 13.5 Å². The SMILES string of the molecule is C=C(F)C(=O)N1CCN(c2cc(O[C@@H](C)[C@@H]3CCCN3C)nc(-c3cc(C4(C)CCCc5sc(N)c(C#N)c54)sn3)n2)CC1. The summed E-state index contributed by atoms with van der Waals surface area (Å²) in [4.78, 5) is 30.0. The number of thiophene rings is 1. The molecule has 0 spiro atoms. The van der Waals surface area contributed by atoms with Gasteiger partial charge in [0.05, 0.1) is 5.56 Å². The molecule has 0 aromatic carbocycles.